The molecule has 12 heavy (non-hydrogen) atoms. The molecule has 0 spiro atoms. The van der Waals surface area contributed by atoms with Gasteiger partial charge in [-0.1, -0.05) is 24.6 Å². The van der Waals surface area contributed by atoms with Gasteiger partial charge in [-0.05, 0) is 24.3 Å². The first-order valence-corrected chi connectivity index (χ1v) is 5.55. The number of hydrogen-bond acceptors (Lipinski definition) is 2. The number of pyridine rings is 1. The third-order valence-electron chi connectivity index (χ3n) is 1.37. The molecule has 66 valence electrons. The Morgan fingerprint density at radius 1 is 1.50 bits per heavy atom. The molecule has 1 aromatic heterocycles. The summed E-state index contributed by atoms with van der Waals surface area (Å²) in [4.78, 5) is 4.19. The molecular formula is C9H12ClNS. The standard InChI is InChI=1S/C9H12ClNS/c1-2-6-12-7-8-4-3-5-9(10)11-8/h3-5H,2,6-7H2,1H3. The SMILES string of the molecule is CCCSCc1cccc(Cl)n1. The fourth-order valence-electron chi connectivity index (χ4n) is 0.852. The van der Waals surface area contributed by atoms with Crippen molar-refractivity contribution in [3.05, 3.63) is 29.0 Å². The lowest BCUT2D eigenvalue weighted by molar-refractivity contribution is 1.10. The number of nitrogens with zero attached hydrogens (tertiary/aromatic N) is 1. The van der Waals surface area contributed by atoms with Gasteiger partial charge in [0.05, 0.1) is 5.69 Å². The number of hydrogen-bond donors (Lipinski definition) is 0. The van der Waals surface area contributed by atoms with Crippen molar-refractivity contribution in [2.45, 2.75) is 19.1 Å². The van der Waals surface area contributed by atoms with E-state index in [-0.39, 0.29) is 0 Å². The summed E-state index contributed by atoms with van der Waals surface area (Å²) >= 11 is 7.63. The number of thioether (sulfide) groups is 1. The fourth-order valence-corrected chi connectivity index (χ4v) is 1.84. The molecule has 0 aliphatic carbocycles. The van der Waals surface area contributed by atoms with Crippen molar-refractivity contribution in [3.8, 4) is 0 Å². The molecule has 0 unspecified atom stereocenters. The summed E-state index contributed by atoms with van der Waals surface area (Å²) in [6.07, 6.45) is 1.21. The quantitative estimate of drug-likeness (QED) is 0.547. The molecule has 0 amide bonds. The summed E-state index contributed by atoms with van der Waals surface area (Å²) < 4.78 is 0. The van der Waals surface area contributed by atoms with Gasteiger partial charge in [0, 0.05) is 5.75 Å². The lowest BCUT2D eigenvalue weighted by Gasteiger charge is -1.99. The maximum Gasteiger partial charge on any atom is 0.129 e. The predicted molar refractivity (Wildman–Crippen MR) is 55.7 cm³/mol. The zero-order valence-corrected chi connectivity index (χ0v) is 8.66. The molecule has 0 fully saturated rings. The van der Waals surface area contributed by atoms with Crippen molar-refractivity contribution in [2.24, 2.45) is 0 Å². The zero-order chi connectivity index (χ0) is 8.81. The van der Waals surface area contributed by atoms with Crippen LogP contribution in [0.3, 0.4) is 0 Å². The van der Waals surface area contributed by atoms with E-state index in [0.717, 1.165) is 11.4 Å². The van der Waals surface area contributed by atoms with E-state index in [1.165, 1.54) is 12.2 Å². The van der Waals surface area contributed by atoms with E-state index in [1.807, 2.05) is 23.9 Å². The topological polar surface area (TPSA) is 12.9 Å². The average molecular weight is 202 g/mol. The molecule has 0 bridgehead atoms. The molecule has 0 N–H and O–H groups in total. The molecule has 0 aliphatic heterocycles. The Balaban J connectivity index is 2.41. The summed E-state index contributed by atoms with van der Waals surface area (Å²) in [5.41, 5.74) is 1.07. The van der Waals surface area contributed by atoms with Crippen LogP contribution in [0.25, 0.3) is 0 Å². The van der Waals surface area contributed by atoms with Crippen LogP contribution < -0.4 is 0 Å². The lowest BCUT2D eigenvalue weighted by atomic mass is 10.4. The minimum atomic E-state index is 0.588. The van der Waals surface area contributed by atoms with Crippen LogP contribution in [0.4, 0.5) is 0 Å². The molecule has 1 rings (SSSR count). The largest absolute Gasteiger partial charge is 0.240 e. The second kappa shape index (κ2) is 5.44. The Kier molecular flexibility index (Phi) is 4.48. The summed E-state index contributed by atoms with van der Waals surface area (Å²) in [7, 11) is 0. The van der Waals surface area contributed by atoms with E-state index >= 15 is 0 Å². The number of rotatable bonds is 4. The lowest BCUT2D eigenvalue weighted by Crippen LogP contribution is -1.87. The summed E-state index contributed by atoms with van der Waals surface area (Å²) in [6, 6.07) is 5.75. The van der Waals surface area contributed by atoms with Gasteiger partial charge in [0.1, 0.15) is 5.15 Å². The zero-order valence-electron chi connectivity index (χ0n) is 7.09. The van der Waals surface area contributed by atoms with Crippen molar-refractivity contribution < 1.29 is 0 Å². The second-order valence-corrected chi connectivity index (χ2v) is 4.00. The van der Waals surface area contributed by atoms with E-state index in [2.05, 4.69) is 11.9 Å². The van der Waals surface area contributed by atoms with Gasteiger partial charge in [0.15, 0.2) is 0 Å². The first-order valence-electron chi connectivity index (χ1n) is 4.02. The van der Waals surface area contributed by atoms with Crippen LogP contribution in [0, 0.1) is 0 Å². The normalized spacial score (nSPS) is 10.2. The third-order valence-corrected chi connectivity index (χ3v) is 2.78. The van der Waals surface area contributed by atoms with E-state index in [1.54, 1.807) is 6.07 Å². The molecule has 1 heterocycles. The third kappa shape index (κ3) is 3.46. The maximum atomic E-state index is 5.74. The van der Waals surface area contributed by atoms with Gasteiger partial charge in [-0.15, -0.1) is 0 Å². The van der Waals surface area contributed by atoms with Crippen molar-refractivity contribution in [1.82, 2.24) is 4.98 Å². The van der Waals surface area contributed by atoms with Crippen LogP contribution in [0.5, 0.6) is 0 Å². The van der Waals surface area contributed by atoms with E-state index < -0.39 is 0 Å². The molecule has 0 saturated carbocycles. The van der Waals surface area contributed by atoms with Crippen molar-refractivity contribution >= 4 is 23.4 Å². The van der Waals surface area contributed by atoms with Crippen LogP contribution in [0.1, 0.15) is 19.0 Å². The molecule has 0 aliphatic rings. The van der Waals surface area contributed by atoms with Gasteiger partial charge in [0.25, 0.3) is 0 Å². The van der Waals surface area contributed by atoms with Crippen LogP contribution in [0.2, 0.25) is 5.15 Å². The van der Waals surface area contributed by atoms with Crippen LogP contribution in [-0.2, 0) is 5.75 Å². The Bertz CT molecular complexity index is 240. The summed E-state index contributed by atoms with van der Waals surface area (Å²) in [5.74, 6) is 2.16. The molecule has 0 saturated heterocycles. The van der Waals surface area contributed by atoms with Crippen LogP contribution in [0.15, 0.2) is 18.2 Å². The highest BCUT2D eigenvalue weighted by Crippen LogP contribution is 2.12. The highest BCUT2D eigenvalue weighted by atomic mass is 35.5. The van der Waals surface area contributed by atoms with Gasteiger partial charge in [-0.2, -0.15) is 11.8 Å². The van der Waals surface area contributed by atoms with Crippen LogP contribution >= 0.6 is 23.4 Å². The smallest absolute Gasteiger partial charge is 0.129 e. The van der Waals surface area contributed by atoms with Crippen LogP contribution in [-0.4, -0.2) is 10.7 Å². The van der Waals surface area contributed by atoms with Crippen molar-refractivity contribution in [1.29, 1.82) is 0 Å². The van der Waals surface area contributed by atoms with Crippen molar-refractivity contribution in [3.63, 3.8) is 0 Å². The highest BCUT2D eigenvalue weighted by Gasteiger charge is 1.94. The van der Waals surface area contributed by atoms with E-state index in [9.17, 15) is 0 Å². The monoisotopic (exact) mass is 201 g/mol. The second-order valence-electron chi connectivity index (χ2n) is 2.50. The molecule has 0 aromatic carbocycles. The van der Waals surface area contributed by atoms with Gasteiger partial charge in [-0.3, -0.25) is 0 Å². The highest BCUT2D eigenvalue weighted by molar-refractivity contribution is 7.98. The van der Waals surface area contributed by atoms with E-state index in [4.69, 9.17) is 11.6 Å². The minimum absolute atomic E-state index is 0.588. The Morgan fingerprint density at radius 2 is 2.33 bits per heavy atom. The van der Waals surface area contributed by atoms with Gasteiger partial charge < -0.3 is 0 Å². The van der Waals surface area contributed by atoms with Gasteiger partial charge >= 0.3 is 0 Å². The molecule has 0 radical (unpaired) electrons. The summed E-state index contributed by atoms with van der Waals surface area (Å²) in [6.45, 7) is 2.18. The van der Waals surface area contributed by atoms with E-state index in [0.29, 0.717) is 5.15 Å². The minimum Gasteiger partial charge on any atom is -0.240 e. The fraction of sp³-hybridized carbons (Fsp3) is 0.444. The molecule has 1 aromatic rings. The number of halogens is 1. The van der Waals surface area contributed by atoms with Gasteiger partial charge in [-0.25, -0.2) is 4.98 Å². The first kappa shape index (κ1) is 9.87. The molecule has 1 nitrogen and oxygen atoms in total. The average Bonchev–Trinajstić information content (AvgIpc) is 2.05. The molecule has 0 atom stereocenters. The van der Waals surface area contributed by atoms with Gasteiger partial charge in [0.2, 0.25) is 0 Å². The molecule has 3 heteroatoms. The maximum absolute atomic E-state index is 5.74. The molecular weight excluding hydrogens is 190 g/mol. The predicted octanol–water partition coefficient (Wildman–Crippen LogP) is 3.38. The first-order chi connectivity index (χ1) is 5.83. The Morgan fingerprint density at radius 3 is 3.00 bits per heavy atom. The Hall–Kier alpha value is -0.210. The van der Waals surface area contributed by atoms with Crippen molar-refractivity contribution in [2.75, 3.05) is 5.75 Å². The Labute approximate surface area is 82.5 Å². The number of aromatic nitrogens is 1. The summed E-state index contributed by atoms with van der Waals surface area (Å²) in [5, 5.41) is 0.588.